The summed E-state index contributed by atoms with van der Waals surface area (Å²) < 4.78 is 45.4. The van der Waals surface area contributed by atoms with Crippen LogP contribution in [0.25, 0.3) is 10.2 Å². The predicted octanol–water partition coefficient (Wildman–Crippen LogP) is 4.99. The van der Waals surface area contributed by atoms with Crippen molar-refractivity contribution in [1.29, 1.82) is 0 Å². The van der Waals surface area contributed by atoms with Gasteiger partial charge in [0.05, 0.1) is 10.2 Å². The van der Waals surface area contributed by atoms with Gasteiger partial charge in [0.1, 0.15) is 5.60 Å². The molecule has 6 nitrogen and oxygen atoms in total. The fraction of sp³-hybridized carbons (Fsp3) is 0.526. The number of alkyl halides is 3. The number of aryl methyl sites for hydroxylation is 1. The first-order valence-corrected chi connectivity index (χ1v) is 10.4. The second-order valence-electron chi connectivity index (χ2n) is 7.67. The Morgan fingerprint density at radius 2 is 1.90 bits per heavy atom. The van der Waals surface area contributed by atoms with Gasteiger partial charge in [0.25, 0.3) is 0 Å². The molecule has 0 saturated carbocycles. The second kappa shape index (κ2) is 9.38. The standard InChI is InChI=1S/C19H23ClF3N3O3S/c1-18(2,3)29-17(28)25(4)9-5-6-10-26-13-8-7-12(20)11-14(13)30-16(26)24-15(27)19(21,22)23/h7-8,11H,5-6,9-10H2,1-4H3. The molecule has 1 heterocycles. The Hall–Kier alpha value is -2.07. The van der Waals surface area contributed by atoms with E-state index >= 15 is 0 Å². The number of nitrogens with zero attached hydrogens (tertiary/aromatic N) is 3. The number of thiazole rings is 1. The van der Waals surface area contributed by atoms with Crippen molar-refractivity contribution in [3.8, 4) is 0 Å². The number of ether oxygens (including phenoxy) is 1. The first-order valence-electron chi connectivity index (χ1n) is 9.17. The lowest BCUT2D eigenvalue weighted by Gasteiger charge is -2.24. The van der Waals surface area contributed by atoms with E-state index in [0.717, 1.165) is 11.3 Å². The first kappa shape index (κ1) is 24.2. The SMILES string of the molecule is CN(CCCCn1c(=NC(=O)C(F)(F)F)sc2cc(Cl)ccc21)C(=O)OC(C)(C)C. The van der Waals surface area contributed by atoms with Gasteiger partial charge in [-0.05, 0) is 51.8 Å². The molecule has 0 N–H and O–H groups in total. The van der Waals surface area contributed by atoms with Crippen LogP contribution in [0.4, 0.5) is 18.0 Å². The molecule has 30 heavy (non-hydrogen) atoms. The summed E-state index contributed by atoms with van der Waals surface area (Å²) in [6, 6.07) is 4.92. The minimum atomic E-state index is -5.04. The van der Waals surface area contributed by atoms with Crippen LogP contribution in [0.1, 0.15) is 33.6 Å². The topological polar surface area (TPSA) is 63.9 Å². The Labute approximate surface area is 180 Å². The Kier molecular flexibility index (Phi) is 7.57. The van der Waals surface area contributed by atoms with Gasteiger partial charge in [-0.3, -0.25) is 4.79 Å². The summed E-state index contributed by atoms with van der Waals surface area (Å²) in [6.45, 7) is 6.06. The van der Waals surface area contributed by atoms with Gasteiger partial charge in [0.15, 0.2) is 4.80 Å². The van der Waals surface area contributed by atoms with E-state index in [9.17, 15) is 22.8 Å². The van der Waals surface area contributed by atoms with Crippen LogP contribution in [-0.4, -0.2) is 46.8 Å². The number of carbonyl (C=O) groups is 2. The van der Waals surface area contributed by atoms with Gasteiger partial charge in [0, 0.05) is 25.2 Å². The number of fused-ring (bicyclic) bond motifs is 1. The van der Waals surface area contributed by atoms with Crippen molar-refractivity contribution in [2.45, 2.75) is 51.9 Å². The monoisotopic (exact) mass is 465 g/mol. The highest BCUT2D eigenvalue weighted by atomic mass is 35.5. The van der Waals surface area contributed by atoms with Gasteiger partial charge in [-0.1, -0.05) is 22.9 Å². The van der Waals surface area contributed by atoms with Crippen molar-refractivity contribution < 1.29 is 27.5 Å². The minimum Gasteiger partial charge on any atom is -0.444 e. The highest BCUT2D eigenvalue weighted by molar-refractivity contribution is 7.16. The van der Waals surface area contributed by atoms with E-state index in [-0.39, 0.29) is 4.80 Å². The fourth-order valence-corrected chi connectivity index (χ4v) is 3.88. The van der Waals surface area contributed by atoms with E-state index in [0.29, 0.717) is 41.2 Å². The van der Waals surface area contributed by atoms with Crippen LogP contribution >= 0.6 is 22.9 Å². The molecule has 0 atom stereocenters. The van der Waals surface area contributed by atoms with Gasteiger partial charge >= 0.3 is 18.2 Å². The van der Waals surface area contributed by atoms with Crippen molar-refractivity contribution in [3.05, 3.63) is 28.0 Å². The molecule has 0 saturated heterocycles. The highest BCUT2D eigenvalue weighted by Crippen LogP contribution is 2.23. The molecule has 0 aliphatic carbocycles. The molecule has 0 fully saturated rings. The van der Waals surface area contributed by atoms with Crippen molar-refractivity contribution in [3.63, 3.8) is 0 Å². The molecule has 1 aromatic carbocycles. The van der Waals surface area contributed by atoms with Crippen LogP contribution in [0, 0.1) is 0 Å². The summed E-state index contributed by atoms with van der Waals surface area (Å²) in [4.78, 5) is 28.0. The summed E-state index contributed by atoms with van der Waals surface area (Å²) in [7, 11) is 1.62. The van der Waals surface area contributed by atoms with E-state index in [1.165, 1.54) is 4.90 Å². The summed E-state index contributed by atoms with van der Waals surface area (Å²) in [5.41, 5.74) is 0.0399. The van der Waals surface area contributed by atoms with Crippen LogP contribution < -0.4 is 4.80 Å². The number of amides is 2. The maximum atomic E-state index is 12.7. The van der Waals surface area contributed by atoms with Crippen LogP contribution in [0.3, 0.4) is 0 Å². The van der Waals surface area contributed by atoms with Crippen LogP contribution in [0.5, 0.6) is 0 Å². The van der Waals surface area contributed by atoms with Gasteiger partial charge in [-0.15, -0.1) is 0 Å². The van der Waals surface area contributed by atoms with E-state index in [1.54, 1.807) is 50.6 Å². The number of hydrogen-bond donors (Lipinski definition) is 0. The summed E-state index contributed by atoms with van der Waals surface area (Å²) in [5.74, 6) is -2.15. The summed E-state index contributed by atoms with van der Waals surface area (Å²) in [5, 5.41) is 0.434. The van der Waals surface area contributed by atoms with Crippen LogP contribution in [-0.2, 0) is 16.1 Å². The highest BCUT2D eigenvalue weighted by Gasteiger charge is 2.38. The van der Waals surface area contributed by atoms with Crippen molar-refractivity contribution in [2.75, 3.05) is 13.6 Å². The average Bonchev–Trinajstić information content (AvgIpc) is 2.92. The molecule has 2 rings (SSSR count). The van der Waals surface area contributed by atoms with E-state index in [1.807, 2.05) is 0 Å². The molecule has 1 aromatic heterocycles. The number of halogens is 4. The van der Waals surface area contributed by atoms with E-state index < -0.39 is 23.8 Å². The molecule has 166 valence electrons. The lowest BCUT2D eigenvalue weighted by molar-refractivity contribution is -0.169. The molecule has 2 aromatic rings. The lowest BCUT2D eigenvalue weighted by atomic mass is 10.2. The lowest BCUT2D eigenvalue weighted by Crippen LogP contribution is -2.34. The zero-order chi connectivity index (χ0) is 22.7. The van der Waals surface area contributed by atoms with Gasteiger partial charge in [-0.2, -0.15) is 18.2 Å². The van der Waals surface area contributed by atoms with E-state index in [2.05, 4.69) is 4.99 Å². The maximum Gasteiger partial charge on any atom is 0.473 e. The van der Waals surface area contributed by atoms with Crippen molar-refractivity contribution in [2.24, 2.45) is 4.99 Å². The zero-order valence-corrected chi connectivity index (χ0v) is 18.6. The number of hydrogen-bond acceptors (Lipinski definition) is 4. The number of unbranched alkanes of at least 4 members (excludes halogenated alkanes) is 1. The quantitative estimate of drug-likeness (QED) is 0.584. The smallest absolute Gasteiger partial charge is 0.444 e. The zero-order valence-electron chi connectivity index (χ0n) is 17.0. The molecule has 0 bridgehead atoms. The second-order valence-corrected chi connectivity index (χ2v) is 9.12. The minimum absolute atomic E-state index is 0.0462. The molecule has 0 radical (unpaired) electrons. The van der Waals surface area contributed by atoms with Crippen molar-refractivity contribution in [1.82, 2.24) is 9.47 Å². The molecule has 0 unspecified atom stereocenters. The third-order valence-electron chi connectivity index (χ3n) is 3.91. The molecule has 0 aliphatic heterocycles. The molecule has 0 aliphatic rings. The normalized spacial score (nSPS) is 13.0. The molecule has 2 amide bonds. The van der Waals surface area contributed by atoms with Crippen LogP contribution in [0.15, 0.2) is 23.2 Å². The molecular formula is C19H23ClF3N3O3S. The van der Waals surface area contributed by atoms with Gasteiger partial charge < -0.3 is 14.2 Å². The van der Waals surface area contributed by atoms with E-state index in [4.69, 9.17) is 16.3 Å². The third-order valence-corrected chi connectivity index (χ3v) is 5.19. The maximum absolute atomic E-state index is 12.7. The number of aromatic nitrogens is 1. The summed E-state index contributed by atoms with van der Waals surface area (Å²) >= 11 is 6.93. The largest absolute Gasteiger partial charge is 0.473 e. The third kappa shape index (κ3) is 6.73. The fourth-order valence-electron chi connectivity index (χ4n) is 2.55. The average molecular weight is 466 g/mol. The Bertz CT molecular complexity index is 993. The summed E-state index contributed by atoms with van der Waals surface area (Å²) in [6.07, 6.45) is -4.35. The Morgan fingerprint density at radius 3 is 2.50 bits per heavy atom. The molecule has 11 heteroatoms. The first-order chi connectivity index (χ1) is 13.8. The Morgan fingerprint density at radius 1 is 1.23 bits per heavy atom. The van der Waals surface area contributed by atoms with Gasteiger partial charge in [0.2, 0.25) is 0 Å². The van der Waals surface area contributed by atoms with Crippen LogP contribution in [0.2, 0.25) is 5.02 Å². The van der Waals surface area contributed by atoms with Gasteiger partial charge in [-0.25, -0.2) is 4.79 Å². The number of carbonyl (C=O) groups excluding carboxylic acids is 2. The Balaban J connectivity index is 2.15. The molecule has 0 spiro atoms. The molecular weight excluding hydrogens is 443 g/mol. The number of rotatable bonds is 5. The number of benzene rings is 1. The predicted molar refractivity (Wildman–Crippen MR) is 110 cm³/mol. The van der Waals surface area contributed by atoms with Crippen molar-refractivity contribution >= 4 is 45.2 Å².